The molecule has 0 spiro atoms. The quantitative estimate of drug-likeness (QED) is 0.807. The van der Waals surface area contributed by atoms with Gasteiger partial charge in [0.2, 0.25) is 11.8 Å². The maximum Gasteiger partial charge on any atom is 0.245 e. The molecule has 0 aromatic rings. The lowest BCUT2D eigenvalue weighted by Gasteiger charge is -2.42. The number of carbonyl (C=O) groups excluding carboxylic acids is 2. The van der Waals surface area contributed by atoms with Gasteiger partial charge in [0.15, 0.2) is 0 Å². The van der Waals surface area contributed by atoms with Crippen LogP contribution in [0.3, 0.4) is 0 Å². The van der Waals surface area contributed by atoms with Crippen molar-refractivity contribution in [2.24, 2.45) is 11.8 Å². The summed E-state index contributed by atoms with van der Waals surface area (Å²) in [6, 6.07) is 0. The predicted molar refractivity (Wildman–Crippen MR) is 67.4 cm³/mol. The molecular formula is C13H24N2O2. The Balaban J connectivity index is 2.72. The number of carbonyl (C=O) groups is 2. The smallest absolute Gasteiger partial charge is 0.245 e. The fraction of sp³-hybridized carbons (Fsp3) is 0.846. The second kappa shape index (κ2) is 5.07. The van der Waals surface area contributed by atoms with Crippen LogP contribution in [0.4, 0.5) is 0 Å². The van der Waals surface area contributed by atoms with Crippen LogP contribution in [-0.4, -0.2) is 35.3 Å². The van der Waals surface area contributed by atoms with Crippen molar-refractivity contribution < 1.29 is 9.59 Å². The normalized spacial score (nSPS) is 21.6. The first-order valence-electron chi connectivity index (χ1n) is 6.34. The van der Waals surface area contributed by atoms with E-state index >= 15 is 0 Å². The van der Waals surface area contributed by atoms with E-state index in [0.717, 1.165) is 6.42 Å². The summed E-state index contributed by atoms with van der Waals surface area (Å²) < 4.78 is 0. The van der Waals surface area contributed by atoms with Gasteiger partial charge in [-0.2, -0.15) is 0 Å². The lowest BCUT2D eigenvalue weighted by atomic mass is 9.93. The zero-order chi connectivity index (χ0) is 13.2. The molecule has 98 valence electrons. The number of nitrogens with one attached hydrogen (secondary N) is 1. The maximum absolute atomic E-state index is 11.9. The zero-order valence-electron chi connectivity index (χ0n) is 11.5. The van der Waals surface area contributed by atoms with E-state index in [1.165, 1.54) is 0 Å². The van der Waals surface area contributed by atoms with Crippen molar-refractivity contribution in [1.82, 2.24) is 10.2 Å². The average molecular weight is 240 g/mol. The molecule has 4 nitrogen and oxygen atoms in total. The highest BCUT2D eigenvalue weighted by molar-refractivity contribution is 5.97. The first-order valence-corrected chi connectivity index (χ1v) is 6.34. The van der Waals surface area contributed by atoms with Crippen LogP contribution >= 0.6 is 0 Å². The van der Waals surface area contributed by atoms with E-state index in [1.807, 2.05) is 13.8 Å². The van der Waals surface area contributed by atoms with Gasteiger partial charge in [-0.3, -0.25) is 9.59 Å². The molecule has 17 heavy (non-hydrogen) atoms. The molecule has 1 heterocycles. The van der Waals surface area contributed by atoms with E-state index in [9.17, 15) is 9.59 Å². The molecule has 0 aliphatic carbocycles. The Morgan fingerprint density at radius 1 is 1.29 bits per heavy atom. The third-order valence-electron chi connectivity index (χ3n) is 3.30. The highest BCUT2D eigenvalue weighted by Crippen LogP contribution is 2.22. The highest BCUT2D eigenvalue weighted by Gasteiger charge is 2.41. The molecule has 0 aromatic carbocycles. The number of rotatable bonds is 4. The Morgan fingerprint density at radius 3 is 2.41 bits per heavy atom. The van der Waals surface area contributed by atoms with Gasteiger partial charge in [-0.15, -0.1) is 0 Å². The van der Waals surface area contributed by atoms with E-state index in [2.05, 4.69) is 26.1 Å². The van der Waals surface area contributed by atoms with Gasteiger partial charge in [-0.05, 0) is 32.1 Å². The van der Waals surface area contributed by atoms with Crippen LogP contribution in [0.25, 0.3) is 0 Å². The van der Waals surface area contributed by atoms with Gasteiger partial charge in [0.05, 0.1) is 6.54 Å². The third kappa shape index (κ3) is 3.20. The first-order chi connectivity index (χ1) is 7.75. The summed E-state index contributed by atoms with van der Waals surface area (Å²) in [5, 5.41) is 2.64. The lowest BCUT2D eigenvalue weighted by Crippen LogP contribution is -2.65. The van der Waals surface area contributed by atoms with E-state index in [1.54, 1.807) is 4.90 Å². The Hall–Kier alpha value is -1.06. The van der Waals surface area contributed by atoms with Gasteiger partial charge in [0, 0.05) is 6.54 Å². The molecule has 0 aromatic heterocycles. The maximum atomic E-state index is 11.9. The van der Waals surface area contributed by atoms with Gasteiger partial charge in [0.25, 0.3) is 0 Å². The molecule has 1 atom stereocenters. The van der Waals surface area contributed by atoms with E-state index in [4.69, 9.17) is 0 Å². The van der Waals surface area contributed by atoms with Crippen molar-refractivity contribution in [2.75, 3.05) is 13.1 Å². The molecule has 0 bridgehead atoms. The van der Waals surface area contributed by atoms with Crippen molar-refractivity contribution in [2.45, 2.75) is 46.6 Å². The lowest BCUT2D eigenvalue weighted by molar-refractivity contribution is -0.152. The largest absolute Gasteiger partial charge is 0.345 e. The number of hydrogen-bond donors (Lipinski definition) is 1. The Labute approximate surface area is 104 Å². The van der Waals surface area contributed by atoms with Gasteiger partial charge in [0.1, 0.15) is 5.54 Å². The molecule has 0 radical (unpaired) electrons. The standard InChI is InChI=1S/C13H24N2O2/c1-9(2)6-10(3)8-15-11(16)7-14-12(17)13(15,4)5/h9-10H,6-8H2,1-5H3,(H,14,17). The minimum Gasteiger partial charge on any atom is -0.345 e. The molecule has 1 rings (SSSR count). The summed E-state index contributed by atoms with van der Waals surface area (Å²) in [5.41, 5.74) is -0.722. The second-order valence-corrected chi connectivity index (χ2v) is 5.98. The summed E-state index contributed by atoms with van der Waals surface area (Å²) in [7, 11) is 0. The molecule has 2 amide bonds. The van der Waals surface area contributed by atoms with E-state index in [0.29, 0.717) is 18.4 Å². The van der Waals surface area contributed by atoms with Crippen LogP contribution in [0, 0.1) is 11.8 Å². The Morgan fingerprint density at radius 2 is 1.88 bits per heavy atom. The van der Waals surface area contributed by atoms with E-state index < -0.39 is 5.54 Å². The van der Waals surface area contributed by atoms with Crippen molar-refractivity contribution in [3.8, 4) is 0 Å². The molecule has 1 aliphatic heterocycles. The number of amides is 2. The van der Waals surface area contributed by atoms with Gasteiger partial charge >= 0.3 is 0 Å². The van der Waals surface area contributed by atoms with Crippen molar-refractivity contribution in [1.29, 1.82) is 0 Å². The minimum absolute atomic E-state index is 0.0187. The fourth-order valence-electron chi connectivity index (χ4n) is 2.42. The summed E-state index contributed by atoms with van der Waals surface area (Å²) in [4.78, 5) is 25.4. The third-order valence-corrected chi connectivity index (χ3v) is 3.30. The van der Waals surface area contributed by atoms with Crippen LogP contribution in [0.5, 0.6) is 0 Å². The first kappa shape index (κ1) is 14.0. The zero-order valence-corrected chi connectivity index (χ0v) is 11.5. The summed E-state index contributed by atoms with van der Waals surface area (Å²) in [6.45, 7) is 10.9. The minimum atomic E-state index is -0.722. The molecule has 4 heteroatoms. The topological polar surface area (TPSA) is 49.4 Å². The summed E-state index contributed by atoms with van der Waals surface area (Å²) in [6.07, 6.45) is 1.07. The monoisotopic (exact) mass is 240 g/mol. The van der Waals surface area contributed by atoms with Crippen molar-refractivity contribution >= 4 is 11.8 Å². The Bertz CT molecular complexity index is 311. The van der Waals surface area contributed by atoms with Crippen LogP contribution in [0.15, 0.2) is 0 Å². The number of piperazine rings is 1. The summed E-state index contributed by atoms with van der Waals surface area (Å²) >= 11 is 0. The average Bonchev–Trinajstić information content (AvgIpc) is 2.18. The molecule has 1 N–H and O–H groups in total. The second-order valence-electron chi connectivity index (χ2n) is 5.98. The van der Waals surface area contributed by atoms with Crippen LogP contribution in [0.2, 0.25) is 0 Å². The Kier molecular flexibility index (Phi) is 4.17. The van der Waals surface area contributed by atoms with Gasteiger partial charge < -0.3 is 10.2 Å². The van der Waals surface area contributed by atoms with Crippen LogP contribution in [0.1, 0.15) is 41.0 Å². The molecule has 1 saturated heterocycles. The summed E-state index contributed by atoms with van der Waals surface area (Å²) in [5.74, 6) is 0.991. The highest BCUT2D eigenvalue weighted by atomic mass is 16.2. The van der Waals surface area contributed by atoms with Gasteiger partial charge in [-0.1, -0.05) is 20.8 Å². The molecule has 1 fully saturated rings. The fourth-order valence-corrected chi connectivity index (χ4v) is 2.42. The van der Waals surface area contributed by atoms with Crippen molar-refractivity contribution in [3.05, 3.63) is 0 Å². The van der Waals surface area contributed by atoms with E-state index in [-0.39, 0.29) is 18.4 Å². The molecular weight excluding hydrogens is 216 g/mol. The molecule has 0 saturated carbocycles. The van der Waals surface area contributed by atoms with Crippen molar-refractivity contribution in [3.63, 3.8) is 0 Å². The van der Waals surface area contributed by atoms with Crippen LogP contribution in [-0.2, 0) is 9.59 Å². The predicted octanol–water partition coefficient (Wildman–Crippen LogP) is 1.41. The number of hydrogen-bond acceptors (Lipinski definition) is 2. The molecule has 1 unspecified atom stereocenters. The SMILES string of the molecule is CC(C)CC(C)CN1C(=O)CNC(=O)C1(C)C. The molecule has 1 aliphatic rings. The van der Waals surface area contributed by atoms with Crippen LogP contribution < -0.4 is 5.32 Å². The van der Waals surface area contributed by atoms with Gasteiger partial charge in [-0.25, -0.2) is 0 Å². The number of nitrogens with zero attached hydrogens (tertiary/aromatic N) is 1.